The number of halogens is 1. The minimum absolute atomic E-state index is 0.111. The van der Waals surface area contributed by atoms with Gasteiger partial charge in [-0.2, -0.15) is 0 Å². The van der Waals surface area contributed by atoms with Gasteiger partial charge in [0.1, 0.15) is 5.82 Å². The standard InChI is InChI=1S/C19H21FO3S/c1-12-5-4-6-13(9-12)17-15-10-14(20)7-8-16(15)24(22,23)11-19(2,3)18(17)21/h4-10,17-18,21H,11H2,1-3H3/t17-,18-/m1/s1. The van der Waals surface area contributed by atoms with Crippen LogP contribution in [0.1, 0.15) is 36.5 Å². The predicted octanol–water partition coefficient (Wildman–Crippen LogP) is 3.44. The van der Waals surface area contributed by atoms with E-state index in [9.17, 15) is 17.9 Å². The maximum absolute atomic E-state index is 13.9. The van der Waals surface area contributed by atoms with Crippen LogP contribution in [0.5, 0.6) is 0 Å². The molecule has 0 amide bonds. The summed E-state index contributed by atoms with van der Waals surface area (Å²) in [5.74, 6) is -1.28. The summed E-state index contributed by atoms with van der Waals surface area (Å²) in [7, 11) is -3.61. The quantitative estimate of drug-likeness (QED) is 0.803. The Kier molecular flexibility index (Phi) is 4.04. The zero-order chi connectivity index (χ0) is 17.7. The normalized spacial score (nSPS) is 24.9. The van der Waals surface area contributed by atoms with Gasteiger partial charge in [-0.3, -0.25) is 0 Å². The fraction of sp³-hybridized carbons (Fsp3) is 0.368. The maximum Gasteiger partial charge on any atom is 0.179 e. The van der Waals surface area contributed by atoms with Crippen molar-refractivity contribution in [3.05, 3.63) is 65.0 Å². The number of benzene rings is 2. The molecule has 0 unspecified atom stereocenters. The van der Waals surface area contributed by atoms with E-state index in [-0.39, 0.29) is 10.6 Å². The minimum Gasteiger partial charge on any atom is -0.392 e. The van der Waals surface area contributed by atoms with E-state index in [0.29, 0.717) is 5.56 Å². The molecule has 5 heteroatoms. The van der Waals surface area contributed by atoms with Crippen molar-refractivity contribution in [3.63, 3.8) is 0 Å². The molecule has 0 aromatic heterocycles. The average Bonchev–Trinajstić information content (AvgIpc) is 2.51. The van der Waals surface area contributed by atoms with E-state index in [2.05, 4.69) is 0 Å². The number of aliphatic hydroxyl groups is 1. The summed E-state index contributed by atoms with van der Waals surface area (Å²) in [5.41, 5.74) is 1.27. The second-order valence-electron chi connectivity index (χ2n) is 7.27. The highest BCUT2D eigenvalue weighted by Crippen LogP contribution is 2.44. The summed E-state index contributed by atoms with van der Waals surface area (Å²) in [6.45, 7) is 5.40. The van der Waals surface area contributed by atoms with Gasteiger partial charge in [0.25, 0.3) is 0 Å². The first kappa shape index (κ1) is 17.1. The van der Waals surface area contributed by atoms with Crippen molar-refractivity contribution in [2.75, 3.05) is 5.75 Å². The summed E-state index contributed by atoms with van der Waals surface area (Å²) in [5, 5.41) is 11.0. The lowest BCUT2D eigenvalue weighted by Gasteiger charge is -2.33. The van der Waals surface area contributed by atoms with E-state index in [4.69, 9.17) is 0 Å². The van der Waals surface area contributed by atoms with Gasteiger partial charge in [0.05, 0.1) is 16.8 Å². The van der Waals surface area contributed by atoms with Gasteiger partial charge in [0.2, 0.25) is 0 Å². The van der Waals surface area contributed by atoms with Crippen molar-refractivity contribution in [3.8, 4) is 0 Å². The van der Waals surface area contributed by atoms with Crippen LogP contribution < -0.4 is 0 Å². The van der Waals surface area contributed by atoms with Gasteiger partial charge in [0, 0.05) is 11.3 Å². The van der Waals surface area contributed by atoms with Crippen molar-refractivity contribution in [2.45, 2.75) is 37.7 Å². The van der Waals surface area contributed by atoms with Gasteiger partial charge in [-0.25, -0.2) is 12.8 Å². The maximum atomic E-state index is 13.9. The van der Waals surface area contributed by atoms with Crippen molar-refractivity contribution < 1.29 is 17.9 Å². The highest BCUT2D eigenvalue weighted by molar-refractivity contribution is 7.91. The van der Waals surface area contributed by atoms with Gasteiger partial charge in [-0.05, 0) is 36.2 Å². The van der Waals surface area contributed by atoms with Crippen LogP contribution in [0, 0.1) is 18.2 Å². The Morgan fingerprint density at radius 2 is 1.88 bits per heavy atom. The number of aryl methyl sites for hydroxylation is 1. The van der Waals surface area contributed by atoms with E-state index in [1.807, 2.05) is 31.2 Å². The second kappa shape index (κ2) is 5.67. The number of sulfone groups is 1. The molecule has 24 heavy (non-hydrogen) atoms. The van der Waals surface area contributed by atoms with E-state index in [0.717, 1.165) is 17.2 Å². The number of hydrogen-bond acceptors (Lipinski definition) is 3. The van der Waals surface area contributed by atoms with Gasteiger partial charge < -0.3 is 5.11 Å². The molecule has 0 aliphatic carbocycles. The highest BCUT2D eigenvalue weighted by Gasteiger charge is 2.45. The van der Waals surface area contributed by atoms with Gasteiger partial charge >= 0.3 is 0 Å². The highest BCUT2D eigenvalue weighted by atomic mass is 32.2. The third-order valence-corrected chi connectivity index (χ3v) is 6.89. The van der Waals surface area contributed by atoms with Crippen molar-refractivity contribution in [1.29, 1.82) is 0 Å². The smallest absolute Gasteiger partial charge is 0.179 e. The Bertz CT molecular complexity index is 887. The molecule has 0 radical (unpaired) electrons. The van der Waals surface area contributed by atoms with Crippen molar-refractivity contribution in [2.24, 2.45) is 5.41 Å². The van der Waals surface area contributed by atoms with Gasteiger partial charge in [-0.1, -0.05) is 43.7 Å². The number of aliphatic hydroxyl groups excluding tert-OH is 1. The molecular weight excluding hydrogens is 327 g/mol. The van der Waals surface area contributed by atoms with Crippen molar-refractivity contribution >= 4 is 9.84 Å². The molecule has 2 aromatic carbocycles. The first-order chi connectivity index (χ1) is 11.1. The molecule has 1 N–H and O–H groups in total. The molecule has 0 saturated carbocycles. The van der Waals surface area contributed by atoms with Crippen LogP contribution in [0.3, 0.4) is 0 Å². The van der Waals surface area contributed by atoms with Crippen LogP contribution in [0.25, 0.3) is 0 Å². The lowest BCUT2D eigenvalue weighted by atomic mass is 9.75. The third-order valence-electron chi connectivity index (χ3n) is 4.72. The molecule has 2 aromatic rings. The third kappa shape index (κ3) is 2.87. The predicted molar refractivity (Wildman–Crippen MR) is 91.3 cm³/mol. The molecule has 1 heterocycles. The number of fused-ring (bicyclic) bond motifs is 1. The topological polar surface area (TPSA) is 54.4 Å². The van der Waals surface area contributed by atoms with Crippen LogP contribution in [0.2, 0.25) is 0 Å². The molecule has 1 aliphatic heterocycles. The Morgan fingerprint density at radius 1 is 1.17 bits per heavy atom. The SMILES string of the molecule is Cc1cccc([C@@H]2c3cc(F)ccc3S(=O)(=O)CC(C)(C)[C@@H]2O)c1. The lowest BCUT2D eigenvalue weighted by Crippen LogP contribution is -2.38. The second-order valence-corrected chi connectivity index (χ2v) is 9.22. The molecule has 2 atom stereocenters. The molecular formula is C19H21FO3S. The molecule has 0 bridgehead atoms. The van der Waals surface area contributed by atoms with Crippen LogP contribution in [0.15, 0.2) is 47.4 Å². The molecule has 3 nitrogen and oxygen atoms in total. The van der Waals surface area contributed by atoms with E-state index in [1.54, 1.807) is 13.8 Å². The zero-order valence-electron chi connectivity index (χ0n) is 14.0. The molecule has 1 aliphatic rings. The Morgan fingerprint density at radius 3 is 2.54 bits per heavy atom. The fourth-order valence-electron chi connectivity index (χ4n) is 3.55. The summed E-state index contributed by atoms with van der Waals surface area (Å²) < 4.78 is 39.4. The fourth-order valence-corrected chi connectivity index (χ4v) is 5.67. The Hall–Kier alpha value is -1.72. The van der Waals surface area contributed by atoms with Gasteiger partial charge in [-0.15, -0.1) is 0 Å². The Balaban J connectivity index is 2.34. The number of hydrogen-bond donors (Lipinski definition) is 1. The summed E-state index contributed by atoms with van der Waals surface area (Å²) >= 11 is 0. The molecule has 0 fully saturated rings. The van der Waals surface area contributed by atoms with Crippen LogP contribution in [-0.2, 0) is 9.84 Å². The van der Waals surface area contributed by atoms with Crippen LogP contribution >= 0.6 is 0 Å². The first-order valence-corrected chi connectivity index (χ1v) is 9.54. The molecule has 3 rings (SSSR count). The average molecular weight is 348 g/mol. The van der Waals surface area contributed by atoms with Crippen LogP contribution in [-0.4, -0.2) is 25.4 Å². The minimum atomic E-state index is -3.61. The van der Waals surface area contributed by atoms with Crippen LogP contribution in [0.4, 0.5) is 4.39 Å². The van der Waals surface area contributed by atoms with E-state index in [1.165, 1.54) is 12.1 Å². The molecule has 0 spiro atoms. The van der Waals surface area contributed by atoms with E-state index < -0.39 is 33.1 Å². The first-order valence-electron chi connectivity index (χ1n) is 7.89. The summed E-state index contributed by atoms with van der Waals surface area (Å²) in [6, 6.07) is 11.3. The number of rotatable bonds is 1. The lowest BCUT2D eigenvalue weighted by molar-refractivity contribution is 0.0520. The largest absolute Gasteiger partial charge is 0.392 e. The summed E-state index contributed by atoms with van der Waals surface area (Å²) in [6.07, 6.45) is -0.947. The molecule has 128 valence electrons. The van der Waals surface area contributed by atoms with Gasteiger partial charge in [0.15, 0.2) is 9.84 Å². The summed E-state index contributed by atoms with van der Waals surface area (Å²) in [4.78, 5) is 0.111. The van der Waals surface area contributed by atoms with Crippen molar-refractivity contribution in [1.82, 2.24) is 0 Å². The monoisotopic (exact) mass is 348 g/mol. The molecule has 0 saturated heterocycles. The zero-order valence-corrected chi connectivity index (χ0v) is 14.8. The van der Waals surface area contributed by atoms with E-state index >= 15 is 0 Å². The Labute approximate surface area is 142 Å².